The van der Waals surface area contributed by atoms with E-state index in [-0.39, 0.29) is 5.48 Å². The number of hydrogen-bond acceptors (Lipinski definition) is 1. The quantitative estimate of drug-likeness (QED) is 0.532. The lowest BCUT2D eigenvalue weighted by molar-refractivity contribution is -0.671. The van der Waals surface area contributed by atoms with Crippen LogP contribution in [-0.2, 0) is 7.05 Å². The fraction of sp³-hybridized carbons (Fsp3) is 0.571. The molecule has 0 saturated carbocycles. The molecule has 1 heterocycles. The average Bonchev–Trinajstić information content (AvgIpc) is 2.14. The van der Waals surface area contributed by atoms with Crippen molar-refractivity contribution in [1.82, 2.24) is 4.57 Å². The maximum absolute atomic E-state index is 2.17. The van der Waals surface area contributed by atoms with Gasteiger partial charge in [-0.2, -0.15) is 0 Å². The van der Waals surface area contributed by atoms with E-state index in [2.05, 4.69) is 30.9 Å². The summed E-state index contributed by atoms with van der Waals surface area (Å²) in [5, 5.41) is 0. The highest BCUT2D eigenvalue weighted by Gasteiger charge is 2.01. The van der Waals surface area contributed by atoms with Crippen LogP contribution in [0.1, 0.15) is 19.9 Å². The van der Waals surface area contributed by atoms with E-state index in [4.69, 9.17) is 0 Å². The molecular formula is C7H14N2O. The van der Waals surface area contributed by atoms with Crippen LogP contribution in [0.3, 0.4) is 0 Å². The van der Waals surface area contributed by atoms with E-state index >= 15 is 0 Å². The Morgan fingerprint density at radius 1 is 1.40 bits per heavy atom. The van der Waals surface area contributed by atoms with E-state index in [1.165, 1.54) is 0 Å². The Bertz CT molecular complexity index is 193. The van der Waals surface area contributed by atoms with Gasteiger partial charge in [0, 0.05) is 0 Å². The zero-order chi connectivity index (χ0) is 6.85. The van der Waals surface area contributed by atoms with Gasteiger partial charge in [0.05, 0.1) is 13.1 Å². The minimum Gasteiger partial charge on any atom is -0.870 e. The van der Waals surface area contributed by atoms with Crippen molar-refractivity contribution < 1.29 is 10.0 Å². The number of rotatable bonds is 1. The number of hydrogen-bond donors (Lipinski definition) is 0. The third kappa shape index (κ3) is 1.84. The first-order valence-corrected chi connectivity index (χ1v) is 3.23. The molecule has 0 aliphatic rings. The Morgan fingerprint density at radius 3 is 2.20 bits per heavy atom. The second-order valence-electron chi connectivity index (χ2n) is 2.62. The molecule has 0 aromatic carbocycles. The first-order valence-electron chi connectivity index (χ1n) is 3.23. The van der Waals surface area contributed by atoms with Gasteiger partial charge < -0.3 is 5.48 Å². The van der Waals surface area contributed by atoms with Crippen LogP contribution in [0.25, 0.3) is 0 Å². The van der Waals surface area contributed by atoms with Gasteiger partial charge in [0.2, 0.25) is 6.33 Å². The van der Waals surface area contributed by atoms with Gasteiger partial charge in [-0.25, -0.2) is 9.13 Å². The van der Waals surface area contributed by atoms with Crippen LogP contribution >= 0.6 is 0 Å². The average molecular weight is 142 g/mol. The highest BCUT2D eigenvalue weighted by molar-refractivity contribution is 4.69. The smallest absolute Gasteiger partial charge is 0.243 e. The molecule has 0 fully saturated rings. The zero-order valence-electron chi connectivity index (χ0n) is 6.65. The van der Waals surface area contributed by atoms with Crippen molar-refractivity contribution >= 4 is 0 Å². The molecule has 0 saturated heterocycles. The molecule has 0 radical (unpaired) electrons. The van der Waals surface area contributed by atoms with Crippen molar-refractivity contribution in [2.24, 2.45) is 7.05 Å². The van der Waals surface area contributed by atoms with E-state index in [0.29, 0.717) is 6.04 Å². The van der Waals surface area contributed by atoms with Crippen molar-refractivity contribution in [3.63, 3.8) is 0 Å². The second kappa shape index (κ2) is 3.37. The van der Waals surface area contributed by atoms with Crippen LogP contribution in [0.5, 0.6) is 0 Å². The Morgan fingerprint density at radius 2 is 2.00 bits per heavy atom. The van der Waals surface area contributed by atoms with Crippen LogP contribution < -0.4 is 4.57 Å². The van der Waals surface area contributed by atoms with E-state index in [0.717, 1.165) is 0 Å². The summed E-state index contributed by atoms with van der Waals surface area (Å²) in [5.41, 5.74) is 0. The van der Waals surface area contributed by atoms with Crippen molar-refractivity contribution in [3.8, 4) is 0 Å². The van der Waals surface area contributed by atoms with Crippen molar-refractivity contribution in [2.75, 3.05) is 0 Å². The molecule has 0 atom stereocenters. The first kappa shape index (κ1) is 9.17. The highest BCUT2D eigenvalue weighted by atomic mass is 16.0. The predicted octanol–water partition coefficient (Wildman–Crippen LogP) is 0.717. The third-order valence-electron chi connectivity index (χ3n) is 1.39. The second-order valence-corrected chi connectivity index (χ2v) is 2.62. The van der Waals surface area contributed by atoms with Gasteiger partial charge in [0.15, 0.2) is 0 Å². The largest absolute Gasteiger partial charge is 0.870 e. The van der Waals surface area contributed by atoms with E-state index < -0.39 is 0 Å². The molecule has 0 aliphatic heterocycles. The minimum atomic E-state index is 0. The van der Waals surface area contributed by atoms with E-state index in [1.807, 2.05) is 17.8 Å². The van der Waals surface area contributed by atoms with E-state index in [9.17, 15) is 0 Å². The molecule has 1 N–H and O–H groups in total. The normalized spacial score (nSPS) is 9.60. The number of imidazole rings is 1. The summed E-state index contributed by atoms with van der Waals surface area (Å²) in [6.45, 7) is 4.33. The molecule has 1 aromatic heterocycles. The predicted molar refractivity (Wildman–Crippen MR) is 37.9 cm³/mol. The summed E-state index contributed by atoms with van der Waals surface area (Å²) < 4.78 is 4.21. The molecule has 0 spiro atoms. The van der Waals surface area contributed by atoms with Crippen molar-refractivity contribution in [3.05, 3.63) is 18.7 Å². The van der Waals surface area contributed by atoms with Crippen molar-refractivity contribution in [2.45, 2.75) is 19.9 Å². The molecule has 10 heavy (non-hydrogen) atoms. The van der Waals surface area contributed by atoms with Gasteiger partial charge in [-0.15, -0.1) is 0 Å². The van der Waals surface area contributed by atoms with Crippen molar-refractivity contribution in [1.29, 1.82) is 0 Å². The van der Waals surface area contributed by atoms with Gasteiger partial charge in [0.25, 0.3) is 0 Å². The Kier molecular flexibility index (Phi) is 3.09. The molecular weight excluding hydrogens is 128 g/mol. The van der Waals surface area contributed by atoms with Gasteiger partial charge in [0.1, 0.15) is 12.4 Å². The number of nitrogens with zero attached hydrogens (tertiary/aromatic N) is 2. The van der Waals surface area contributed by atoms with E-state index in [1.54, 1.807) is 0 Å². The molecule has 1 aromatic rings. The lowest BCUT2D eigenvalue weighted by atomic mass is 10.4. The lowest BCUT2D eigenvalue weighted by Gasteiger charge is -1.95. The van der Waals surface area contributed by atoms with Crippen LogP contribution in [0.2, 0.25) is 0 Å². The summed E-state index contributed by atoms with van der Waals surface area (Å²) >= 11 is 0. The SMILES string of the molecule is CC(C)n1cc[n+](C)c1.[OH-]. The zero-order valence-corrected chi connectivity index (χ0v) is 6.65. The van der Waals surface area contributed by atoms with Gasteiger partial charge >= 0.3 is 0 Å². The molecule has 0 bridgehead atoms. The molecule has 0 unspecified atom stereocenters. The monoisotopic (exact) mass is 142 g/mol. The highest BCUT2D eigenvalue weighted by Crippen LogP contribution is 1.98. The summed E-state index contributed by atoms with van der Waals surface area (Å²) in [4.78, 5) is 0. The van der Waals surface area contributed by atoms with Crippen LogP contribution in [0, 0.1) is 0 Å². The van der Waals surface area contributed by atoms with Gasteiger partial charge in [-0.05, 0) is 13.8 Å². The topological polar surface area (TPSA) is 38.8 Å². The summed E-state index contributed by atoms with van der Waals surface area (Å²) in [6, 6.07) is 0.575. The molecule has 58 valence electrons. The number of aryl methyl sites for hydroxylation is 1. The molecule has 3 heteroatoms. The third-order valence-corrected chi connectivity index (χ3v) is 1.39. The summed E-state index contributed by atoms with van der Waals surface area (Å²) in [7, 11) is 2.03. The molecule has 1 rings (SSSR count). The maximum atomic E-state index is 2.17. The van der Waals surface area contributed by atoms with Crippen LogP contribution in [0.15, 0.2) is 18.7 Å². The standard InChI is InChI=1S/C7H13N2.H2O/c1-7(2)9-5-4-8(3)6-9;/h4-7H,1-3H3;1H2/q+1;/p-1. The Balaban J connectivity index is 0.000000810. The molecule has 0 amide bonds. The fourth-order valence-electron chi connectivity index (χ4n) is 0.775. The fourth-order valence-corrected chi connectivity index (χ4v) is 0.775. The molecule has 3 nitrogen and oxygen atoms in total. The molecule has 0 aliphatic carbocycles. The summed E-state index contributed by atoms with van der Waals surface area (Å²) in [6.07, 6.45) is 6.19. The number of aromatic nitrogens is 2. The Hall–Kier alpha value is -0.830. The maximum Gasteiger partial charge on any atom is 0.243 e. The Labute approximate surface area is 61.2 Å². The van der Waals surface area contributed by atoms with Crippen LogP contribution in [0.4, 0.5) is 0 Å². The lowest BCUT2D eigenvalue weighted by Crippen LogP contribution is -2.23. The minimum absolute atomic E-state index is 0. The van der Waals surface area contributed by atoms with Crippen LogP contribution in [-0.4, -0.2) is 10.0 Å². The van der Waals surface area contributed by atoms with Gasteiger partial charge in [-0.1, -0.05) is 0 Å². The summed E-state index contributed by atoms with van der Waals surface area (Å²) in [5.74, 6) is 0. The first-order chi connectivity index (χ1) is 4.20. The van der Waals surface area contributed by atoms with Gasteiger partial charge in [-0.3, -0.25) is 0 Å².